The van der Waals surface area contributed by atoms with Gasteiger partial charge in [0.05, 0.1) is 0 Å². The molecule has 22 heavy (non-hydrogen) atoms. The van der Waals surface area contributed by atoms with Crippen LogP contribution in [0.3, 0.4) is 0 Å². The van der Waals surface area contributed by atoms with Crippen LogP contribution in [0.15, 0.2) is 46.9 Å². The monoisotopic (exact) mass is 381 g/mol. The number of carbonyl (C=O) groups excluding carboxylic acids is 1. The molecule has 0 aliphatic rings. The Bertz CT molecular complexity index is 644. The van der Waals surface area contributed by atoms with Crippen LogP contribution in [0.1, 0.15) is 11.1 Å². The lowest BCUT2D eigenvalue weighted by atomic mass is 10.1. The zero-order chi connectivity index (χ0) is 15.9. The summed E-state index contributed by atoms with van der Waals surface area (Å²) in [7, 11) is 0. The molecule has 3 nitrogen and oxygen atoms in total. The van der Waals surface area contributed by atoms with E-state index in [0.29, 0.717) is 17.3 Å². The molecule has 0 aliphatic heterocycles. The number of carbonyl (C=O) groups is 1. The van der Waals surface area contributed by atoms with Crippen LogP contribution in [0.4, 0.5) is 0 Å². The van der Waals surface area contributed by atoms with Gasteiger partial charge in [-0.1, -0.05) is 39.7 Å². The average Bonchev–Trinajstić information content (AvgIpc) is 2.50. The summed E-state index contributed by atoms with van der Waals surface area (Å²) >= 11 is 9.25. The Morgan fingerprint density at radius 3 is 2.64 bits per heavy atom. The molecule has 0 fully saturated rings. The quantitative estimate of drug-likeness (QED) is 0.815. The molecule has 0 radical (unpaired) electrons. The number of amides is 1. The lowest BCUT2D eigenvalue weighted by molar-refractivity contribution is -0.123. The Labute approximate surface area is 143 Å². The highest BCUT2D eigenvalue weighted by Gasteiger charge is 2.04. The molecule has 1 N–H and O–H groups in total. The van der Waals surface area contributed by atoms with Gasteiger partial charge in [-0.15, -0.1) is 0 Å². The van der Waals surface area contributed by atoms with Gasteiger partial charge in [0.1, 0.15) is 5.75 Å². The Hall–Kier alpha value is -1.52. The van der Waals surface area contributed by atoms with Gasteiger partial charge >= 0.3 is 0 Å². The Morgan fingerprint density at radius 1 is 1.23 bits per heavy atom. The number of nitrogens with one attached hydrogen (secondary N) is 1. The molecule has 0 unspecified atom stereocenters. The first-order valence-corrected chi connectivity index (χ1v) is 8.12. The maximum Gasteiger partial charge on any atom is 0.257 e. The first-order valence-electron chi connectivity index (χ1n) is 6.94. The predicted octanol–water partition coefficient (Wildman–Crippen LogP) is 4.15. The van der Waals surface area contributed by atoms with Gasteiger partial charge in [0.25, 0.3) is 5.91 Å². The standard InChI is InChI=1S/C17H17BrClNO2/c1-12-10-15(6-7-16(12)18)22-11-17(21)20-9-8-13-2-4-14(19)5-3-13/h2-7,10H,8-9,11H2,1H3,(H,20,21). The topological polar surface area (TPSA) is 38.3 Å². The smallest absolute Gasteiger partial charge is 0.257 e. The van der Waals surface area contributed by atoms with Gasteiger partial charge in [0, 0.05) is 16.0 Å². The number of ether oxygens (including phenoxy) is 1. The van der Waals surface area contributed by atoms with Crippen molar-refractivity contribution >= 4 is 33.4 Å². The summed E-state index contributed by atoms with van der Waals surface area (Å²) in [5.74, 6) is 0.558. The molecule has 2 rings (SSSR count). The van der Waals surface area contributed by atoms with E-state index in [4.69, 9.17) is 16.3 Å². The fourth-order valence-electron chi connectivity index (χ4n) is 1.90. The highest BCUT2D eigenvalue weighted by atomic mass is 79.9. The molecule has 0 saturated heterocycles. The van der Waals surface area contributed by atoms with Crippen molar-refractivity contribution in [3.05, 3.63) is 63.1 Å². The first kappa shape index (κ1) is 16.8. The minimum atomic E-state index is -0.130. The summed E-state index contributed by atoms with van der Waals surface area (Å²) in [4.78, 5) is 11.7. The molecule has 2 aromatic rings. The van der Waals surface area contributed by atoms with Crippen molar-refractivity contribution in [3.63, 3.8) is 0 Å². The summed E-state index contributed by atoms with van der Waals surface area (Å²) in [6, 6.07) is 13.2. The molecule has 0 spiro atoms. The molecule has 1 amide bonds. The van der Waals surface area contributed by atoms with Crippen molar-refractivity contribution < 1.29 is 9.53 Å². The fourth-order valence-corrected chi connectivity index (χ4v) is 2.28. The SMILES string of the molecule is Cc1cc(OCC(=O)NCCc2ccc(Cl)cc2)ccc1Br. The minimum absolute atomic E-state index is 0.0156. The van der Waals surface area contributed by atoms with Crippen molar-refractivity contribution in [1.29, 1.82) is 0 Å². The summed E-state index contributed by atoms with van der Waals surface area (Å²) < 4.78 is 6.49. The van der Waals surface area contributed by atoms with Crippen LogP contribution in [0.25, 0.3) is 0 Å². The zero-order valence-electron chi connectivity index (χ0n) is 12.2. The van der Waals surface area contributed by atoms with Crippen LogP contribution >= 0.6 is 27.5 Å². The van der Waals surface area contributed by atoms with E-state index in [1.54, 1.807) is 0 Å². The molecule has 0 saturated carbocycles. The van der Waals surface area contributed by atoms with E-state index >= 15 is 0 Å². The van der Waals surface area contributed by atoms with Crippen molar-refractivity contribution in [2.45, 2.75) is 13.3 Å². The largest absolute Gasteiger partial charge is 0.484 e. The van der Waals surface area contributed by atoms with Gasteiger partial charge in [0.2, 0.25) is 0 Å². The molecule has 0 atom stereocenters. The fraction of sp³-hybridized carbons (Fsp3) is 0.235. The van der Waals surface area contributed by atoms with E-state index in [9.17, 15) is 4.79 Å². The zero-order valence-corrected chi connectivity index (χ0v) is 14.6. The number of rotatable bonds is 6. The second-order valence-corrected chi connectivity index (χ2v) is 6.22. The van der Waals surface area contributed by atoms with Gasteiger partial charge in [0.15, 0.2) is 6.61 Å². The van der Waals surface area contributed by atoms with Gasteiger partial charge in [-0.05, 0) is 54.8 Å². The molecule has 5 heteroatoms. The molecule has 2 aromatic carbocycles. The van der Waals surface area contributed by atoms with Crippen LogP contribution in [-0.4, -0.2) is 19.1 Å². The molecule has 0 heterocycles. The van der Waals surface area contributed by atoms with Gasteiger partial charge in [-0.25, -0.2) is 0 Å². The van der Waals surface area contributed by atoms with Crippen LogP contribution in [0.5, 0.6) is 5.75 Å². The molecular formula is C17H17BrClNO2. The number of hydrogen-bond acceptors (Lipinski definition) is 2. The van der Waals surface area contributed by atoms with E-state index in [-0.39, 0.29) is 12.5 Å². The third-order valence-electron chi connectivity index (χ3n) is 3.15. The third kappa shape index (κ3) is 5.35. The van der Waals surface area contributed by atoms with E-state index in [1.807, 2.05) is 49.4 Å². The van der Waals surface area contributed by atoms with Crippen LogP contribution in [-0.2, 0) is 11.2 Å². The number of hydrogen-bond donors (Lipinski definition) is 1. The Kier molecular flexibility index (Phi) is 6.28. The van der Waals surface area contributed by atoms with Gasteiger partial charge in [-0.3, -0.25) is 4.79 Å². The van der Waals surface area contributed by atoms with E-state index in [1.165, 1.54) is 0 Å². The normalized spacial score (nSPS) is 10.3. The first-order chi connectivity index (χ1) is 10.5. The van der Waals surface area contributed by atoms with Crippen molar-refractivity contribution in [1.82, 2.24) is 5.32 Å². The lowest BCUT2D eigenvalue weighted by Crippen LogP contribution is -2.30. The summed E-state index contributed by atoms with van der Waals surface area (Å²) in [5.41, 5.74) is 2.20. The lowest BCUT2D eigenvalue weighted by Gasteiger charge is -2.09. The predicted molar refractivity (Wildman–Crippen MR) is 92.5 cm³/mol. The molecule has 0 bridgehead atoms. The molecular weight excluding hydrogens is 366 g/mol. The molecule has 0 aromatic heterocycles. The number of halogens is 2. The minimum Gasteiger partial charge on any atom is -0.484 e. The van der Waals surface area contributed by atoms with Crippen molar-refractivity contribution in [3.8, 4) is 5.75 Å². The van der Waals surface area contributed by atoms with E-state index < -0.39 is 0 Å². The van der Waals surface area contributed by atoms with E-state index in [0.717, 1.165) is 22.0 Å². The highest BCUT2D eigenvalue weighted by molar-refractivity contribution is 9.10. The maximum absolute atomic E-state index is 11.7. The van der Waals surface area contributed by atoms with Crippen LogP contribution in [0, 0.1) is 6.92 Å². The summed E-state index contributed by atoms with van der Waals surface area (Å²) in [6.07, 6.45) is 0.764. The Balaban J connectivity index is 1.71. The van der Waals surface area contributed by atoms with Crippen LogP contribution < -0.4 is 10.1 Å². The Morgan fingerprint density at radius 2 is 1.95 bits per heavy atom. The van der Waals surface area contributed by atoms with Gasteiger partial charge < -0.3 is 10.1 Å². The van der Waals surface area contributed by atoms with Crippen LogP contribution in [0.2, 0.25) is 5.02 Å². The molecule has 0 aliphatic carbocycles. The van der Waals surface area contributed by atoms with Crippen molar-refractivity contribution in [2.75, 3.05) is 13.2 Å². The summed E-state index contributed by atoms with van der Waals surface area (Å²) in [6.45, 7) is 2.56. The molecule has 116 valence electrons. The summed E-state index contributed by atoms with van der Waals surface area (Å²) in [5, 5.41) is 3.55. The second-order valence-electron chi connectivity index (χ2n) is 4.93. The second kappa shape index (κ2) is 8.20. The maximum atomic E-state index is 11.7. The number of benzene rings is 2. The average molecular weight is 383 g/mol. The van der Waals surface area contributed by atoms with E-state index in [2.05, 4.69) is 21.2 Å². The highest BCUT2D eigenvalue weighted by Crippen LogP contribution is 2.21. The third-order valence-corrected chi connectivity index (χ3v) is 4.29. The van der Waals surface area contributed by atoms with Crippen molar-refractivity contribution in [2.24, 2.45) is 0 Å². The van der Waals surface area contributed by atoms with Gasteiger partial charge in [-0.2, -0.15) is 0 Å². The number of aryl methyl sites for hydroxylation is 1.